The lowest BCUT2D eigenvalue weighted by molar-refractivity contribution is -0.119. The third kappa shape index (κ3) is 3.93. The van der Waals surface area contributed by atoms with E-state index in [4.69, 9.17) is 0 Å². The number of nitrogens with one attached hydrogen (secondary N) is 2. The highest BCUT2D eigenvalue weighted by molar-refractivity contribution is 6.02. The first-order chi connectivity index (χ1) is 14.0. The summed E-state index contributed by atoms with van der Waals surface area (Å²) in [6, 6.07) is 6.74. The first kappa shape index (κ1) is 18.6. The van der Waals surface area contributed by atoms with Gasteiger partial charge < -0.3 is 15.5 Å². The average molecular weight is 394 g/mol. The fourth-order valence-corrected chi connectivity index (χ4v) is 3.23. The van der Waals surface area contributed by atoms with Crippen LogP contribution in [0.2, 0.25) is 0 Å². The third-order valence-electron chi connectivity index (χ3n) is 4.73. The molecule has 9 heteroatoms. The van der Waals surface area contributed by atoms with Crippen molar-refractivity contribution in [1.82, 2.24) is 20.1 Å². The number of carbonyl (C=O) groups is 2. The number of pyridine rings is 1. The van der Waals surface area contributed by atoms with Gasteiger partial charge in [0.25, 0.3) is 5.91 Å². The molecule has 2 aromatic heterocycles. The zero-order valence-electron chi connectivity index (χ0n) is 15.7. The number of aromatic nitrogens is 3. The van der Waals surface area contributed by atoms with Crippen LogP contribution in [0.25, 0.3) is 0 Å². The molecule has 1 atom stereocenters. The zero-order chi connectivity index (χ0) is 20.4. The van der Waals surface area contributed by atoms with E-state index in [0.29, 0.717) is 12.1 Å². The molecule has 148 valence electrons. The van der Waals surface area contributed by atoms with Crippen LogP contribution in [0, 0.1) is 5.82 Å². The first-order valence-corrected chi connectivity index (χ1v) is 9.05. The molecule has 1 aromatic carbocycles. The fraction of sp³-hybridized carbons (Fsp3) is 0.200. The Balaban J connectivity index is 1.44. The lowest BCUT2D eigenvalue weighted by Gasteiger charge is -2.20. The van der Waals surface area contributed by atoms with Crippen molar-refractivity contribution in [3.05, 3.63) is 72.1 Å². The number of likely N-dealkylation sites (N-methyl/N-ethyl adjacent to an activating group) is 1. The molecule has 0 spiro atoms. The first-order valence-electron chi connectivity index (χ1n) is 9.05. The van der Waals surface area contributed by atoms with E-state index in [1.165, 1.54) is 17.0 Å². The summed E-state index contributed by atoms with van der Waals surface area (Å²) in [5.41, 5.74) is 2.95. The van der Waals surface area contributed by atoms with Crippen LogP contribution in [0.4, 0.5) is 20.6 Å². The highest BCUT2D eigenvalue weighted by Gasteiger charge is 2.29. The highest BCUT2D eigenvalue weighted by atomic mass is 19.1. The maximum absolute atomic E-state index is 13.3. The molecule has 0 radical (unpaired) electrons. The molecule has 2 amide bonds. The topological polar surface area (TPSA) is 92.2 Å². The Kier molecular flexibility index (Phi) is 4.94. The van der Waals surface area contributed by atoms with Crippen LogP contribution in [0.15, 0.2) is 55.1 Å². The van der Waals surface area contributed by atoms with Crippen LogP contribution in [-0.2, 0) is 11.2 Å². The molecular formula is C20H19FN6O2. The van der Waals surface area contributed by atoms with E-state index in [2.05, 4.69) is 20.7 Å². The number of benzene rings is 1. The van der Waals surface area contributed by atoms with Crippen molar-refractivity contribution < 1.29 is 14.0 Å². The molecular weight excluding hydrogens is 375 g/mol. The quantitative estimate of drug-likeness (QED) is 0.709. The van der Waals surface area contributed by atoms with E-state index in [9.17, 15) is 14.0 Å². The number of amides is 2. The molecule has 0 saturated carbocycles. The number of anilines is 2. The molecule has 4 rings (SSSR count). The van der Waals surface area contributed by atoms with Gasteiger partial charge in [-0.05, 0) is 29.3 Å². The predicted molar refractivity (Wildman–Crippen MR) is 105 cm³/mol. The van der Waals surface area contributed by atoms with Crippen LogP contribution in [0.1, 0.15) is 11.1 Å². The normalized spacial score (nSPS) is 16.0. The summed E-state index contributed by atoms with van der Waals surface area (Å²) in [5.74, 6) is -0.572. The van der Waals surface area contributed by atoms with Gasteiger partial charge in [-0.15, -0.1) is 0 Å². The van der Waals surface area contributed by atoms with Crippen molar-refractivity contribution in [2.45, 2.75) is 12.5 Å². The summed E-state index contributed by atoms with van der Waals surface area (Å²) < 4.78 is 14.5. The van der Waals surface area contributed by atoms with Gasteiger partial charge in [-0.25, -0.2) is 9.18 Å². The minimum absolute atomic E-state index is 0.239. The summed E-state index contributed by atoms with van der Waals surface area (Å²) in [5, 5.41) is 9.92. The van der Waals surface area contributed by atoms with Gasteiger partial charge in [0.2, 0.25) is 0 Å². The molecule has 3 aromatic rings. The summed E-state index contributed by atoms with van der Waals surface area (Å²) in [4.78, 5) is 30.8. The van der Waals surface area contributed by atoms with E-state index in [1.807, 2.05) is 0 Å². The summed E-state index contributed by atoms with van der Waals surface area (Å²) in [6.45, 7) is 0.239. The Morgan fingerprint density at radius 2 is 2.17 bits per heavy atom. The zero-order valence-corrected chi connectivity index (χ0v) is 15.7. The molecule has 29 heavy (non-hydrogen) atoms. The third-order valence-corrected chi connectivity index (χ3v) is 4.73. The molecule has 0 saturated heterocycles. The van der Waals surface area contributed by atoms with E-state index in [-0.39, 0.29) is 18.3 Å². The second kappa shape index (κ2) is 7.70. The van der Waals surface area contributed by atoms with Crippen LogP contribution in [0.3, 0.4) is 0 Å². The number of hydrogen-bond acceptors (Lipinski definition) is 5. The van der Waals surface area contributed by atoms with Crippen molar-refractivity contribution in [2.24, 2.45) is 0 Å². The number of nitrogens with zero attached hydrogens (tertiary/aromatic N) is 4. The Labute approximate surface area is 166 Å². The maximum Gasteiger partial charge on any atom is 0.342 e. The van der Waals surface area contributed by atoms with Crippen LogP contribution >= 0.6 is 0 Å². The standard InChI is InChI=1S/C20H19FN6O2/c1-26-18-11-22-6-5-16(18)23-10-17(19(26)28)25-20(29)27-12-14(9-24-27)7-13-3-2-4-15(21)8-13/h2-6,8-9,11-12,17,23H,7,10H2,1H3,(H,25,29)/t17-/m0/s1. The molecule has 0 aliphatic carbocycles. The number of hydrogen-bond donors (Lipinski definition) is 2. The summed E-state index contributed by atoms with van der Waals surface area (Å²) in [7, 11) is 1.64. The molecule has 1 aliphatic rings. The summed E-state index contributed by atoms with van der Waals surface area (Å²) in [6.07, 6.45) is 6.78. The largest absolute Gasteiger partial charge is 0.381 e. The van der Waals surface area contributed by atoms with Gasteiger partial charge in [-0.3, -0.25) is 9.78 Å². The Bertz CT molecular complexity index is 1070. The molecule has 8 nitrogen and oxygen atoms in total. The monoisotopic (exact) mass is 394 g/mol. The minimum Gasteiger partial charge on any atom is -0.381 e. The number of fused-ring (bicyclic) bond motifs is 1. The second-order valence-electron chi connectivity index (χ2n) is 6.77. The van der Waals surface area contributed by atoms with Crippen LogP contribution in [-0.4, -0.2) is 46.3 Å². The second-order valence-corrected chi connectivity index (χ2v) is 6.77. The smallest absolute Gasteiger partial charge is 0.342 e. The fourth-order valence-electron chi connectivity index (χ4n) is 3.23. The van der Waals surface area contributed by atoms with E-state index < -0.39 is 12.1 Å². The van der Waals surface area contributed by atoms with Crippen LogP contribution in [0.5, 0.6) is 0 Å². The molecule has 0 unspecified atom stereocenters. The molecule has 1 aliphatic heterocycles. The van der Waals surface area contributed by atoms with Gasteiger partial charge in [0, 0.05) is 32.4 Å². The lowest BCUT2D eigenvalue weighted by Crippen LogP contribution is -2.50. The molecule has 2 N–H and O–H groups in total. The lowest BCUT2D eigenvalue weighted by atomic mass is 10.1. The van der Waals surface area contributed by atoms with Crippen molar-refractivity contribution >= 4 is 23.3 Å². The van der Waals surface area contributed by atoms with Crippen molar-refractivity contribution in [2.75, 3.05) is 23.8 Å². The molecule has 0 fully saturated rings. The van der Waals surface area contributed by atoms with E-state index in [0.717, 1.165) is 21.5 Å². The van der Waals surface area contributed by atoms with Gasteiger partial charge in [0.1, 0.15) is 11.9 Å². The van der Waals surface area contributed by atoms with Crippen molar-refractivity contribution in [3.8, 4) is 0 Å². The van der Waals surface area contributed by atoms with E-state index >= 15 is 0 Å². The van der Waals surface area contributed by atoms with Crippen molar-refractivity contribution in [1.29, 1.82) is 0 Å². The van der Waals surface area contributed by atoms with Gasteiger partial charge in [-0.1, -0.05) is 12.1 Å². The Morgan fingerprint density at radius 3 is 3.00 bits per heavy atom. The van der Waals surface area contributed by atoms with Crippen LogP contribution < -0.4 is 15.5 Å². The Hall–Kier alpha value is -3.75. The molecule has 3 heterocycles. The number of carbonyl (C=O) groups excluding carboxylic acids is 2. The highest BCUT2D eigenvalue weighted by Crippen LogP contribution is 2.26. The molecule has 0 bridgehead atoms. The maximum atomic E-state index is 13.3. The number of halogens is 1. The number of rotatable bonds is 3. The predicted octanol–water partition coefficient (Wildman–Crippen LogP) is 2.02. The minimum atomic E-state index is -0.768. The van der Waals surface area contributed by atoms with Gasteiger partial charge in [0.05, 0.1) is 23.8 Å². The van der Waals surface area contributed by atoms with Gasteiger partial charge >= 0.3 is 6.03 Å². The SMILES string of the molecule is CN1C(=O)[C@@H](NC(=O)n2cc(Cc3cccc(F)c3)cn2)CNc2ccncc21. The summed E-state index contributed by atoms with van der Waals surface area (Å²) >= 11 is 0. The Morgan fingerprint density at radius 1 is 1.31 bits per heavy atom. The average Bonchev–Trinajstić information content (AvgIpc) is 3.14. The van der Waals surface area contributed by atoms with E-state index in [1.54, 1.807) is 50.0 Å². The van der Waals surface area contributed by atoms with Crippen molar-refractivity contribution in [3.63, 3.8) is 0 Å². The van der Waals surface area contributed by atoms with Gasteiger partial charge in [0.15, 0.2) is 0 Å². The van der Waals surface area contributed by atoms with Gasteiger partial charge in [-0.2, -0.15) is 9.78 Å².